The van der Waals surface area contributed by atoms with Crippen LogP contribution in [-0.4, -0.2) is 10.8 Å². The molecule has 5 rings (SSSR count). The summed E-state index contributed by atoms with van der Waals surface area (Å²) >= 11 is 5.16. The van der Waals surface area contributed by atoms with Gasteiger partial charge in [-0.1, -0.05) is 88.2 Å². The van der Waals surface area contributed by atoms with Gasteiger partial charge in [-0.3, -0.25) is 4.79 Å². The van der Waals surface area contributed by atoms with E-state index in [1.807, 2.05) is 61.5 Å². The van der Waals surface area contributed by atoms with Gasteiger partial charge in [0, 0.05) is 33.0 Å². The number of ketones is 1. The van der Waals surface area contributed by atoms with Gasteiger partial charge in [-0.2, -0.15) is 0 Å². The fourth-order valence-corrected chi connectivity index (χ4v) is 5.33. The summed E-state index contributed by atoms with van der Waals surface area (Å²) in [5, 5.41) is 3.15. The predicted molar refractivity (Wildman–Crippen MR) is 140 cm³/mol. The lowest BCUT2D eigenvalue weighted by atomic mass is 9.98. The van der Waals surface area contributed by atoms with Crippen molar-refractivity contribution in [1.29, 1.82) is 0 Å². The van der Waals surface area contributed by atoms with Crippen molar-refractivity contribution in [3.8, 4) is 22.4 Å². The maximum absolute atomic E-state index is 13.6. The normalized spacial score (nSPS) is 11.1. The third kappa shape index (κ3) is 4.29. The molecule has 0 amide bonds. The zero-order valence-corrected chi connectivity index (χ0v) is 20.8. The molecule has 0 spiro atoms. The summed E-state index contributed by atoms with van der Waals surface area (Å²) in [5.41, 5.74) is 9.09. The van der Waals surface area contributed by atoms with Crippen molar-refractivity contribution in [3.05, 3.63) is 122 Å². The summed E-state index contributed by atoms with van der Waals surface area (Å²) in [5.74, 6) is 0.0737. The van der Waals surface area contributed by atoms with Gasteiger partial charge in [-0.05, 0) is 48.2 Å². The average Bonchev–Trinajstić information content (AvgIpc) is 3.28. The molecule has 0 saturated heterocycles. The topological polar surface area (TPSA) is 30.0 Å². The summed E-state index contributed by atoms with van der Waals surface area (Å²) in [4.78, 5) is 18.5. The first-order valence-corrected chi connectivity index (χ1v) is 12.5. The maximum atomic E-state index is 13.6. The lowest BCUT2D eigenvalue weighted by molar-refractivity contribution is 0.103. The second-order valence-electron chi connectivity index (χ2n) is 8.22. The fraction of sp³-hybridized carbons (Fsp3) is 0.103. The van der Waals surface area contributed by atoms with Crippen LogP contribution in [0.15, 0.2) is 88.7 Å². The van der Waals surface area contributed by atoms with E-state index in [-0.39, 0.29) is 5.78 Å². The van der Waals surface area contributed by atoms with Crippen LogP contribution < -0.4 is 0 Å². The van der Waals surface area contributed by atoms with Crippen LogP contribution in [0.25, 0.3) is 22.4 Å². The lowest BCUT2D eigenvalue weighted by Gasteiger charge is -2.04. The maximum Gasteiger partial charge on any atom is 0.193 e. The highest BCUT2D eigenvalue weighted by Crippen LogP contribution is 2.39. The summed E-state index contributed by atoms with van der Waals surface area (Å²) in [7, 11) is 0. The molecule has 0 radical (unpaired) electrons. The van der Waals surface area contributed by atoms with Crippen LogP contribution in [-0.2, 0) is 6.42 Å². The summed E-state index contributed by atoms with van der Waals surface area (Å²) < 4.78 is 1.05. The third-order valence-electron chi connectivity index (χ3n) is 6.02. The molecule has 33 heavy (non-hydrogen) atoms. The van der Waals surface area contributed by atoms with E-state index in [0.717, 1.165) is 54.1 Å². The van der Waals surface area contributed by atoms with Gasteiger partial charge in [0.25, 0.3) is 0 Å². The van der Waals surface area contributed by atoms with Crippen molar-refractivity contribution < 1.29 is 4.79 Å². The third-order valence-corrected chi connectivity index (χ3v) is 7.40. The molecule has 2 aliphatic carbocycles. The highest BCUT2D eigenvalue weighted by Gasteiger charge is 2.25. The number of hydrogen-bond acceptors (Lipinski definition) is 3. The molecule has 0 bridgehead atoms. The monoisotopic (exact) mass is 511 g/mol. The average molecular weight is 512 g/mol. The molecular weight excluding hydrogens is 490 g/mol. The molecule has 2 aliphatic rings. The van der Waals surface area contributed by atoms with Gasteiger partial charge in [-0.15, -0.1) is 11.3 Å². The molecule has 0 N–H and O–H groups in total. The van der Waals surface area contributed by atoms with Gasteiger partial charge < -0.3 is 0 Å². The molecule has 4 heteroatoms. The van der Waals surface area contributed by atoms with Gasteiger partial charge in [-0.25, -0.2) is 4.98 Å². The van der Waals surface area contributed by atoms with Crippen molar-refractivity contribution >= 4 is 33.0 Å². The molecule has 162 valence electrons. The Morgan fingerprint density at radius 1 is 0.879 bits per heavy atom. The number of carbonyl (C=O) groups is 1. The Bertz CT molecular complexity index is 1420. The van der Waals surface area contributed by atoms with Crippen molar-refractivity contribution in [2.24, 2.45) is 0 Å². The fourth-order valence-electron chi connectivity index (χ4n) is 4.25. The Morgan fingerprint density at radius 3 is 2.30 bits per heavy atom. The van der Waals surface area contributed by atoms with Crippen LogP contribution in [0, 0.1) is 13.8 Å². The van der Waals surface area contributed by atoms with Gasteiger partial charge in [0.15, 0.2) is 5.78 Å². The highest BCUT2D eigenvalue weighted by molar-refractivity contribution is 9.10. The molecule has 1 heterocycles. The predicted octanol–water partition coefficient (Wildman–Crippen LogP) is 8.12. The van der Waals surface area contributed by atoms with E-state index >= 15 is 0 Å². The van der Waals surface area contributed by atoms with Crippen LogP contribution in [0.5, 0.6) is 0 Å². The van der Waals surface area contributed by atoms with Crippen LogP contribution in [0.3, 0.4) is 0 Å². The van der Waals surface area contributed by atoms with E-state index in [1.54, 1.807) is 11.3 Å². The Hall–Kier alpha value is -3.08. The Labute approximate surface area is 206 Å². The van der Waals surface area contributed by atoms with Crippen LogP contribution >= 0.6 is 27.3 Å². The van der Waals surface area contributed by atoms with E-state index < -0.39 is 0 Å². The van der Waals surface area contributed by atoms with Gasteiger partial charge in [0.2, 0.25) is 0 Å². The molecule has 0 saturated carbocycles. The number of hydrogen-bond donors (Lipinski definition) is 0. The molecule has 2 aromatic carbocycles. The van der Waals surface area contributed by atoms with Gasteiger partial charge in [0.05, 0.1) is 10.7 Å². The lowest BCUT2D eigenvalue weighted by Crippen LogP contribution is -2.03. The standard InChI is InChI=1S/C29H22BrNOS/c1-18-8-10-21(11-9-18)29(32)28-19(2)25(23-6-4-3-5-7-24(23)28)16-27-31-26(17-33-27)20-12-14-22(30)15-13-20/h3-15,17H,16H2,1-2H3. The van der Waals surface area contributed by atoms with Crippen molar-refractivity contribution in [2.75, 3.05) is 0 Å². The van der Waals surface area contributed by atoms with Crippen LogP contribution in [0.1, 0.15) is 37.6 Å². The Kier molecular flexibility index (Phi) is 5.96. The minimum absolute atomic E-state index is 0.0737. The summed E-state index contributed by atoms with van der Waals surface area (Å²) in [6, 6.07) is 26.3. The number of rotatable bonds is 5. The Balaban J connectivity index is 1.55. The first-order chi connectivity index (χ1) is 16.0. The summed E-state index contributed by atoms with van der Waals surface area (Å²) in [6.07, 6.45) is 0.703. The number of benzene rings is 2. The number of nitrogens with zero attached hydrogens (tertiary/aromatic N) is 1. The number of carbonyl (C=O) groups excluding carboxylic acids is 1. The van der Waals surface area contributed by atoms with Crippen LogP contribution in [0.2, 0.25) is 0 Å². The van der Waals surface area contributed by atoms with Crippen LogP contribution in [0.4, 0.5) is 0 Å². The van der Waals surface area contributed by atoms with E-state index in [1.165, 1.54) is 5.56 Å². The van der Waals surface area contributed by atoms with Gasteiger partial charge >= 0.3 is 0 Å². The molecular formula is C29H22BrNOS. The number of aromatic nitrogens is 1. The molecule has 0 atom stereocenters. The molecule has 1 aromatic heterocycles. The number of thiazole rings is 1. The van der Waals surface area contributed by atoms with E-state index in [0.29, 0.717) is 6.42 Å². The minimum Gasteiger partial charge on any atom is -0.289 e. The van der Waals surface area contributed by atoms with Crippen molar-refractivity contribution in [2.45, 2.75) is 20.3 Å². The quantitative estimate of drug-likeness (QED) is 0.223. The number of fused-ring (bicyclic) bond motifs is 1. The molecule has 0 unspecified atom stereocenters. The SMILES string of the molecule is Cc1ccc(C(=O)c2c3cccccc-3c(Cc3nc(-c4ccc(Br)cc4)cs3)c2C)cc1. The van der Waals surface area contributed by atoms with Crippen molar-refractivity contribution in [3.63, 3.8) is 0 Å². The second-order valence-corrected chi connectivity index (χ2v) is 10.1. The minimum atomic E-state index is 0.0737. The highest BCUT2D eigenvalue weighted by atomic mass is 79.9. The smallest absolute Gasteiger partial charge is 0.193 e. The van der Waals surface area contributed by atoms with Gasteiger partial charge in [0.1, 0.15) is 0 Å². The van der Waals surface area contributed by atoms with E-state index in [9.17, 15) is 4.79 Å². The largest absolute Gasteiger partial charge is 0.289 e. The first-order valence-electron chi connectivity index (χ1n) is 10.8. The van der Waals surface area contributed by atoms with Crippen molar-refractivity contribution in [1.82, 2.24) is 4.98 Å². The number of halogens is 1. The first kappa shape index (κ1) is 21.7. The Morgan fingerprint density at radius 2 is 1.58 bits per heavy atom. The molecule has 0 aliphatic heterocycles. The molecule has 0 fully saturated rings. The summed E-state index contributed by atoms with van der Waals surface area (Å²) in [6.45, 7) is 4.10. The zero-order valence-electron chi connectivity index (χ0n) is 18.4. The molecule has 2 nitrogen and oxygen atoms in total. The van der Waals surface area contributed by atoms with E-state index in [2.05, 4.69) is 52.5 Å². The molecule has 3 aromatic rings. The van der Waals surface area contributed by atoms with E-state index in [4.69, 9.17) is 4.98 Å². The zero-order chi connectivity index (χ0) is 22.9. The second kappa shape index (κ2) is 9.05. The number of aryl methyl sites for hydroxylation is 1.